The van der Waals surface area contributed by atoms with Crippen molar-refractivity contribution in [3.63, 3.8) is 0 Å². The zero-order chi connectivity index (χ0) is 11.7. The lowest BCUT2D eigenvalue weighted by Gasteiger charge is -2.19. The third kappa shape index (κ3) is 2.25. The summed E-state index contributed by atoms with van der Waals surface area (Å²) < 4.78 is 1.81. The summed E-state index contributed by atoms with van der Waals surface area (Å²) in [7, 11) is 0. The molecular formula is C13H17N3O. The monoisotopic (exact) mass is 231 g/mol. The molecule has 1 heterocycles. The van der Waals surface area contributed by atoms with Gasteiger partial charge in [-0.15, -0.1) is 0 Å². The Kier molecular flexibility index (Phi) is 2.71. The minimum Gasteiger partial charge on any atom is -0.362 e. The van der Waals surface area contributed by atoms with E-state index in [0.29, 0.717) is 17.9 Å². The molecule has 1 N–H and O–H groups in total. The zero-order valence-corrected chi connectivity index (χ0v) is 9.80. The first-order valence-electron chi connectivity index (χ1n) is 6.33. The van der Waals surface area contributed by atoms with Crippen molar-refractivity contribution in [1.82, 2.24) is 9.55 Å². The van der Waals surface area contributed by atoms with Gasteiger partial charge in [-0.1, -0.05) is 12.2 Å². The molecule has 1 unspecified atom stereocenters. The summed E-state index contributed by atoms with van der Waals surface area (Å²) in [6, 6.07) is 0.771. The molecule has 0 aliphatic heterocycles. The van der Waals surface area contributed by atoms with E-state index in [1.807, 2.05) is 4.57 Å². The number of nitrogens with zero attached hydrogens (tertiary/aromatic N) is 2. The molecule has 4 heteroatoms. The SMILES string of the molecule is O=c1c(NC2CC=CCC2)nccn1C1CC1. The average molecular weight is 231 g/mol. The van der Waals surface area contributed by atoms with Gasteiger partial charge in [0.2, 0.25) is 0 Å². The molecular weight excluding hydrogens is 214 g/mol. The van der Waals surface area contributed by atoms with Gasteiger partial charge in [-0.2, -0.15) is 0 Å². The van der Waals surface area contributed by atoms with Gasteiger partial charge in [0.05, 0.1) is 0 Å². The van der Waals surface area contributed by atoms with Crippen LogP contribution in [0.25, 0.3) is 0 Å². The summed E-state index contributed by atoms with van der Waals surface area (Å²) in [6.45, 7) is 0. The van der Waals surface area contributed by atoms with E-state index < -0.39 is 0 Å². The second-order valence-electron chi connectivity index (χ2n) is 4.85. The molecule has 90 valence electrons. The number of nitrogens with one attached hydrogen (secondary N) is 1. The normalized spacial score (nSPS) is 23.6. The molecule has 4 nitrogen and oxygen atoms in total. The van der Waals surface area contributed by atoms with Crippen LogP contribution in [0.3, 0.4) is 0 Å². The lowest BCUT2D eigenvalue weighted by atomic mass is 10.0. The van der Waals surface area contributed by atoms with Crippen molar-refractivity contribution in [3.05, 3.63) is 34.9 Å². The number of rotatable bonds is 3. The first-order chi connectivity index (χ1) is 8.34. The minimum atomic E-state index is 0.0320. The predicted molar refractivity (Wildman–Crippen MR) is 67.2 cm³/mol. The van der Waals surface area contributed by atoms with E-state index in [0.717, 1.165) is 32.1 Å². The van der Waals surface area contributed by atoms with Gasteiger partial charge in [-0.25, -0.2) is 4.98 Å². The van der Waals surface area contributed by atoms with Crippen molar-refractivity contribution < 1.29 is 0 Å². The van der Waals surface area contributed by atoms with Crippen molar-refractivity contribution >= 4 is 5.82 Å². The van der Waals surface area contributed by atoms with Crippen molar-refractivity contribution in [3.8, 4) is 0 Å². The van der Waals surface area contributed by atoms with Crippen molar-refractivity contribution in [2.24, 2.45) is 0 Å². The Morgan fingerprint density at radius 2 is 2.18 bits per heavy atom. The Hall–Kier alpha value is -1.58. The molecule has 1 aromatic heterocycles. The van der Waals surface area contributed by atoms with Gasteiger partial charge in [-0.3, -0.25) is 4.79 Å². The van der Waals surface area contributed by atoms with E-state index in [1.165, 1.54) is 0 Å². The summed E-state index contributed by atoms with van der Waals surface area (Å²) >= 11 is 0. The Bertz CT molecular complexity index is 488. The fourth-order valence-electron chi connectivity index (χ4n) is 2.28. The maximum atomic E-state index is 12.1. The van der Waals surface area contributed by atoms with E-state index in [4.69, 9.17) is 0 Å². The highest BCUT2D eigenvalue weighted by atomic mass is 16.1. The first kappa shape index (κ1) is 10.6. The standard InChI is InChI=1S/C13H17N3O/c17-13-12(15-10-4-2-1-3-5-10)14-8-9-16(13)11-6-7-11/h1-2,8-11H,3-7H2,(H,14,15). The van der Waals surface area contributed by atoms with Crippen molar-refractivity contribution in [1.29, 1.82) is 0 Å². The molecule has 2 aliphatic rings. The van der Waals surface area contributed by atoms with Crippen LogP contribution < -0.4 is 10.9 Å². The molecule has 0 bridgehead atoms. The Labute approximate surface area is 100 Å². The number of anilines is 1. The number of aromatic nitrogens is 2. The summed E-state index contributed by atoms with van der Waals surface area (Å²) in [5.41, 5.74) is 0.0320. The predicted octanol–water partition coefficient (Wildman–Crippen LogP) is 2.10. The Morgan fingerprint density at radius 3 is 2.88 bits per heavy atom. The molecule has 0 amide bonds. The molecule has 0 saturated heterocycles. The van der Waals surface area contributed by atoms with E-state index in [1.54, 1.807) is 12.4 Å². The molecule has 0 radical (unpaired) electrons. The molecule has 0 aromatic carbocycles. The number of hydrogen-bond donors (Lipinski definition) is 1. The van der Waals surface area contributed by atoms with Crippen molar-refractivity contribution in [2.45, 2.75) is 44.2 Å². The number of allylic oxidation sites excluding steroid dienone is 1. The molecule has 0 spiro atoms. The van der Waals surface area contributed by atoms with Gasteiger partial charge in [0.25, 0.3) is 5.56 Å². The number of hydrogen-bond acceptors (Lipinski definition) is 3. The van der Waals surface area contributed by atoms with Crippen LogP contribution in [0.4, 0.5) is 5.82 Å². The Balaban J connectivity index is 1.80. The summed E-state index contributed by atoms with van der Waals surface area (Å²) in [4.78, 5) is 16.3. The van der Waals surface area contributed by atoms with Crippen LogP contribution in [-0.2, 0) is 0 Å². The van der Waals surface area contributed by atoms with Crippen LogP contribution in [0.2, 0.25) is 0 Å². The smallest absolute Gasteiger partial charge is 0.293 e. The average Bonchev–Trinajstić information content (AvgIpc) is 3.17. The largest absolute Gasteiger partial charge is 0.362 e. The maximum Gasteiger partial charge on any atom is 0.293 e. The van der Waals surface area contributed by atoms with E-state index in [9.17, 15) is 4.79 Å². The van der Waals surface area contributed by atoms with Crippen LogP contribution >= 0.6 is 0 Å². The molecule has 1 aromatic rings. The van der Waals surface area contributed by atoms with Gasteiger partial charge in [0, 0.05) is 24.5 Å². The van der Waals surface area contributed by atoms with Gasteiger partial charge in [0.1, 0.15) is 0 Å². The van der Waals surface area contributed by atoms with Crippen molar-refractivity contribution in [2.75, 3.05) is 5.32 Å². The second-order valence-corrected chi connectivity index (χ2v) is 4.85. The lowest BCUT2D eigenvalue weighted by molar-refractivity contribution is 0.633. The molecule has 1 fully saturated rings. The van der Waals surface area contributed by atoms with Crippen LogP contribution in [0.15, 0.2) is 29.3 Å². The van der Waals surface area contributed by atoms with Crippen LogP contribution in [0.5, 0.6) is 0 Å². The molecule has 1 atom stereocenters. The van der Waals surface area contributed by atoms with E-state index >= 15 is 0 Å². The fraction of sp³-hybridized carbons (Fsp3) is 0.538. The highest BCUT2D eigenvalue weighted by Crippen LogP contribution is 2.33. The summed E-state index contributed by atoms with van der Waals surface area (Å²) in [6.07, 6.45) is 13.3. The highest BCUT2D eigenvalue weighted by Gasteiger charge is 2.25. The van der Waals surface area contributed by atoms with Crippen LogP contribution in [0, 0.1) is 0 Å². The Morgan fingerprint density at radius 1 is 1.29 bits per heavy atom. The van der Waals surface area contributed by atoms with Crippen LogP contribution in [-0.4, -0.2) is 15.6 Å². The summed E-state index contributed by atoms with van der Waals surface area (Å²) in [5.74, 6) is 0.514. The quantitative estimate of drug-likeness (QED) is 0.810. The topological polar surface area (TPSA) is 46.9 Å². The molecule has 1 saturated carbocycles. The van der Waals surface area contributed by atoms with Gasteiger partial charge in [0.15, 0.2) is 5.82 Å². The third-order valence-electron chi connectivity index (χ3n) is 3.42. The zero-order valence-electron chi connectivity index (χ0n) is 9.80. The first-order valence-corrected chi connectivity index (χ1v) is 6.33. The second kappa shape index (κ2) is 4.35. The van der Waals surface area contributed by atoms with Gasteiger partial charge >= 0.3 is 0 Å². The van der Waals surface area contributed by atoms with E-state index in [2.05, 4.69) is 22.5 Å². The minimum absolute atomic E-state index is 0.0320. The maximum absolute atomic E-state index is 12.1. The summed E-state index contributed by atoms with van der Waals surface area (Å²) in [5, 5.41) is 3.28. The van der Waals surface area contributed by atoms with Gasteiger partial charge in [-0.05, 0) is 32.1 Å². The van der Waals surface area contributed by atoms with Gasteiger partial charge < -0.3 is 9.88 Å². The molecule has 17 heavy (non-hydrogen) atoms. The fourth-order valence-corrected chi connectivity index (χ4v) is 2.28. The van der Waals surface area contributed by atoms with Crippen LogP contribution in [0.1, 0.15) is 38.1 Å². The lowest BCUT2D eigenvalue weighted by Crippen LogP contribution is -2.29. The molecule has 2 aliphatic carbocycles. The third-order valence-corrected chi connectivity index (χ3v) is 3.42. The van der Waals surface area contributed by atoms with E-state index in [-0.39, 0.29) is 5.56 Å². The molecule has 3 rings (SSSR count). The highest BCUT2D eigenvalue weighted by molar-refractivity contribution is 5.33.